The smallest absolute Gasteiger partial charge is 0.0659 e. The summed E-state index contributed by atoms with van der Waals surface area (Å²) in [5.74, 6) is 0.708. The molecular formula is C19H28N2. The number of rotatable bonds is 9. The molecule has 2 nitrogen and oxygen atoms in total. The van der Waals surface area contributed by atoms with E-state index in [-0.39, 0.29) is 0 Å². The van der Waals surface area contributed by atoms with Gasteiger partial charge in [-0.25, -0.2) is 0 Å². The molecule has 1 unspecified atom stereocenters. The van der Waals surface area contributed by atoms with Gasteiger partial charge < -0.3 is 0 Å². The third-order valence-corrected chi connectivity index (χ3v) is 4.23. The molecule has 0 radical (unpaired) electrons. The Kier molecular flexibility index (Phi) is 6.52. The van der Waals surface area contributed by atoms with Crippen molar-refractivity contribution in [1.29, 1.82) is 0 Å². The summed E-state index contributed by atoms with van der Waals surface area (Å²) >= 11 is 0. The van der Waals surface area contributed by atoms with Gasteiger partial charge in [0.05, 0.1) is 6.54 Å². The van der Waals surface area contributed by atoms with E-state index in [1.54, 1.807) is 0 Å². The van der Waals surface area contributed by atoms with Crippen LogP contribution in [0.1, 0.15) is 69.4 Å². The van der Waals surface area contributed by atoms with Crippen molar-refractivity contribution in [2.75, 3.05) is 0 Å². The summed E-state index contributed by atoms with van der Waals surface area (Å²) in [6.07, 6.45) is 11.8. The van der Waals surface area contributed by atoms with E-state index < -0.39 is 0 Å². The maximum atomic E-state index is 4.29. The Balaban J connectivity index is 1.97. The molecular weight excluding hydrogens is 256 g/mol. The fourth-order valence-electron chi connectivity index (χ4n) is 2.95. The van der Waals surface area contributed by atoms with Gasteiger partial charge in [-0.1, -0.05) is 63.8 Å². The molecule has 1 atom stereocenters. The summed E-state index contributed by atoms with van der Waals surface area (Å²) in [6, 6.07) is 11.0. The van der Waals surface area contributed by atoms with Gasteiger partial charge in [0.2, 0.25) is 0 Å². The molecule has 0 saturated heterocycles. The third kappa shape index (κ3) is 5.04. The number of hydrogen-bond donors (Lipinski definition) is 0. The van der Waals surface area contributed by atoms with Crippen LogP contribution in [-0.2, 0) is 6.54 Å². The first kappa shape index (κ1) is 15.8. The average molecular weight is 284 g/mol. The van der Waals surface area contributed by atoms with Crippen LogP contribution in [0.3, 0.4) is 0 Å². The predicted molar refractivity (Wildman–Crippen MR) is 89.6 cm³/mol. The van der Waals surface area contributed by atoms with Crippen LogP contribution in [0.2, 0.25) is 0 Å². The number of aromatic nitrogens is 2. The summed E-state index contributed by atoms with van der Waals surface area (Å²) in [5.41, 5.74) is 2.85. The second-order valence-corrected chi connectivity index (χ2v) is 5.90. The molecule has 0 aliphatic carbocycles. The van der Waals surface area contributed by atoms with Crippen LogP contribution in [0.5, 0.6) is 0 Å². The number of nitrogens with zero attached hydrogens (tertiary/aromatic N) is 2. The predicted octanol–water partition coefficient (Wildman–Crippen LogP) is 5.40. The topological polar surface area (TPSA) is 17.8 Å². The summed E-state index contributed by atoms with van der Waals surface area (Å²) in [7, 11) is 0. The molecule has 0 fully saturated rings. The van der Waals surface area contributed by atoms with E-state index in [9.17, 15) is 0 Å². The van der Waals surface area contributed by atoms with Crippen LogP contribution in [0.15, 0.2) is 42.7 Å². The van der Waals surface area contributed by atoms with Crippen molar-refractivity contribution in [3.63, 3.8) is 0 Å². The van der Waals surface area contributed by atoms with Gasteiger partial charge in [0, 0.05) is 12.4 Å². The molecule has 2 rings (SSSR count). The Labute approximate surface area is 129 Å². The molecule has 1 heterocycles. The lowest BCUT2D eigenvalue weighted by atomic mass is 9.90. The summed E-state index contributed by atoms with van der Waals surface area (Å²) in [5, 5.41) is 4.29. The molecule has 1 aromatic carbocycles. The van der Waals surface area contributed by atoms with Crippen LogP contribution in [0, 0.1) is 0 Å². The van der Waals surface area contributed by atoms with Crippen LogP contribution in [-0.4, -0.2) is 9.78 Å². The Morgan fingerprint density at radius 1 is 1.10 bits per heavy atom. The lowest BCUT2D eigenvalue weighted by molar-refractivity contribution is 0.542. The molecule has 21 heavy (non-hydrogen) atoms. The number of benzene rings is 1. The maximum absolute atomic E-state index is 4.29. The largest absolute Gasteiger partial charge is 0.268 e. The normalized spacial score (nSPS) is 12.5. The second kappa shape index (κ2) is 8.66. The highest BCUT2D eigenvalue weighted by molar-refractivity contribution is 5.26. The molecule has 0 amide bonds. The van der Waals surface area contributed by atoms with Crippen LogP contribution in [0.4, 0.5) is 0 Å². The van der Waals surface area contributed by atoms with Gasteiger partial charge in [0.25, 0.3) is 0 Å². The Morgan fingerprint density at radius 2 is 2.00 bits per heavy atom. The van der Waals surface area contributed by atoms with Crippen molar-refractivity contribution in [2.45, 2.75) is 64.8 Å². The molecule has 0 spiro atoms. The summed E-state index contributed by atoms with van der Waals surface area (Å²) < 4.78 is 1.99. The average Bonchev–Trinajstić information content (AvgIpc) is 3.01. The van der Waals surface area contributed by atoms with Crippen molar-refractivity contribution in [3.05, 3.63) is 53.9 Å². The van der Waals surface area contributed by atoms with E-state index in [4.69, 9.17) is 0 Å². The Hall–Kier alpha value is -1.57. The van der Waals surface area contributed by atoms with E-state index in [2.05, 4.69) is 43.2 Å². The molecule has 0 bridgehead atoms. The fourth-order valence-corrected chi connectivity index (χ4v) is 2.95. The summed E-state index contributed by atoms with van der Waals surface area (Å²) in [6.45, 7) is 5.45. The summed E-state index contributed by atoms with van der Waals surface area (Å²) in [4.78, 5) is 0. The van der Waals surface area contributed by atoms with Crippen LogP contribution < -0.4 is 0 Å². The molecule has 1 aromatic heterocycles. The maximum Gasteiger partial charge on any atom is 0.0659 e. The van der Waals surface area contributed by atoms with Crippen molar-refractivity contribution in [1.82, 2.24) is 9.78 Å². The van der Waals surface area contributed by atoms with Gasteiger partial charge in [0.15, 0.2) is 0 Å². The molecule has 0 aliphatic heterocycles. The van der Waals surface area contributed by atoms with E-state index in [0.29, 0.717) is 5.92 Å². The van der Waals surface area contributed by atoms with Gasteiger partial charge in [-0.05, 0) is 36.0 Å². The molecule has 2 heteroatoms. The minimum atomic E-state index is 0.708. The first-order valence-corrected chi connectivity index (χ1v) is 8.39. The van der Waals surface area contributed by atoms with Crippen molar-refractivity contribution < 1.29 is 0 Å². The zero-order chi connectivity index (χ0) is 14.9. The van der Waals surface area contributed by atoms with Gasteiger partial charge >= 0.3 is 0 Å². The van der Waals surface area contributed by atoms with Gasteiger partial charge in [-0.3, -0.25) is 4.68 Å². The highest BCUT2D eigenvalue weighted by atomic mass is 15.3. The highest BCUT2D eigenvalue weighted by Gasteiger charge is 2.09. The van der Waals surface area contributed by atoms with Crippen LogP contribution in [0.25, 0.3) is 0 Å². The van der Waals surface area contributed by atoms with Gasteiger partial charge in [-0.15, -0.1) is 0 Å². The number of hydrogen-bond acceptors (Lipinski definition) is 1. The zero-order valence-corrected chi connectivity index (χ0v) is 13.5. The third-order valence-electron chi connectivity index (χ3n) is 4.23. The van der Waals surface area contributed by atoms with E-state index in [1.165, 1.54) is 49.7 Å². The quantitative estimate of drug-likeness (QED) is 0.564. The first-order valence-electron chi connectivity index (χ1n) is 8.39. The molecule has 2 aromatic rings. The first-order chi connectivity index (χ1) is 10.3. The van der Waals surface area contributed by atoms with Gasteiger partial charge in [-0.2, -0.15) is 5.10 Å². The minimum absolute atomic E-state index is 0.708. The van der Waals surface area contributed by atoms with Crippen molar-refractivity contribution in [3.8, 4) is 0 Å². The second-order valence-electron chi connectivity index (χ2n) is 5.90. The molecule has 0 N–H and O–H groups in total. The SMILES string of the molecule is CCCCCCC(CC)c1cccc(Cn2cccn2)c1. The van der Waals surface area contributed by atoms with E-state index >= 15 is 0 Å². The molecule has 0 saturated carbocycles. The van der Waals surface area contributed by atoms with Crippen LogP contribution >= 0.6 is 0 Å². The lowest BCUT2D eigenvalue weighted by Gasteiger charge is -2.16. The monoisotopic (exact) mass is 284 g/mol. The Morgan fingerprint density at radius 3 is 2.71 bits per heavy atom. The standard InChI is InChI=1S/C19H28N2/c1-3-5-6-7-11-18(4-2)19-12-8-10-17(15-19)16-21-14-9-13-20-21/h8-10,12-15,18H,3-7,11,16H2,1-2H3. The zero-order valence-electron chi connectivity index (χ0n) is 13.5. The molecule has 114 valence electrons. The van der Waals surface area contributed by atoms with E-state index in [1.807, 2.05) is 23.1 Å². The Bertz CT molecular complexity index is 502. The van der Waals surface area contributed by atoms with Crippen molar-refractivity contribution >= 4 is 0 Å². The molecule has 0 aliphatic rings. The number of unbranched alkanes of at least 4 members (excludes halogenated alkanes) is 3. The highest BCUT2D eigenvalue weighted by Crippen LogP contribution is 2.26. The fraction of sp³-hybridized carbons (Fsp3) is 0.526. The van der Waals surface area contributed by atoms with E-state index in [0.717, 1.165) is 6.54 Å². The van der Waals surface area contributed by atoms with Crippen molar-refractivity contribution in [2.24, 2.45) is 0 Å². The lowest BCUT2D eigenvalue weighted by Crippen LogP contribution is -2.02. The minimum Gasteiger partial charge on any atom is -0.268 e. The van der Waals surface area contributed by atoms with Gasteiger partial charge in [0.1, 0.15) is 0 Å².